The number of nitrogens with two attached hydrogens (primary N) is 1. The lowest BCUT2D eigenvalue weighted by molar-refractivity contribution is 0.116. The molecular formula is C21H31N3O6S2. The Bertz CT molecular complexity index is 1110. The minimum atomic E-state index is -4.12. The summed E-state index contributed by atoms with van der Waals surface area (Å²) in [7, 11) is -7.86. The number of hydrogen-bond donors (Lipinski definition) is 4. The van der Waals surface area contributed by atoms with E-state index in [2.05, 4.69) is 4.72 Å². The van der Waals surface area contributed by atoms with Gasteiger partial charge in [0, 0.05) is 19.1 Å². The number of aliphatic hydroxyl groups excluding tert-OH is 1. The molecule has 0 aliphatic rings. The first-order valence-electron chi connectivity index (χ1n) is 10.1. The number of phenolic OH excluding ortho intramolecular Hbond substituents is 1. The third-order valence-corrected chi connectivity index (χ3v) is 7.09. The molecule has 2 aromatic rings. The lowest BCUT2D eigenvalue weighted by Crippen LogP contribution is -2.47. The van der Waals surface area contributed by atoms with Gasteiger partial charge in [0.15, 0.2) is 0 Å². The summed E-state index contributed by atoms with van der Waals surface area (Å²) in [5, 5.41) is 20.6. The number of hydrogen-bond acceptors (Lipinski definition) is 7. The summed E-state index contributed by atoms with van der Waals surface area (Å²) >= 11 is 0. The predicted molar refractivity (Wildman–Crippen MR) is 124 cm³/mol. The topological polar surface area (TPSA) is 150 Å². The Labute approximate surface area is 190 Å². The molecule has 9 nitrogen and oxygen atoms in total. The van der Waals surface area contributed by atoms with Gasteiger partial charge in [0.05, 0.1) is 22.9 Å². The van der Waals surface area contributed by atoms with Crippen LogP contribution in [-0.4, -0.2) is 62.8 Å². The molecule has 0 saturated carbocycles. The second-order valence-corrected chi connectivity index (χ2v) is 11.9. The molecule has 2 atom stereocenters. The fraction of sp³-hybridized carbons (Fsp3) is 0.429. The van der Waals surface area contributed by atoms with E-state index in [0.717, 1.165) is 28.3 Å². The van der Waals surface area contributed by atoms with Gasteiger partial charge >= 0.3 is 0 Å². The zero-order chi connectivity index (χ0) is 24.1. The van der Waals surface area contributed by atoms with Crippen molar-refractivity contribution in [1.29, 1.82) is 0 Å². The minimum Gasteiger partial charge on any atom is -0.506 e. The standard InChI is InChI=1S/C21H31N3O6S2/c1-15(2)13-24(14-21(26)18(22)11-16-7-5-4-6-8-16)32(29,30)17-9-10-20(25)19(12-17)23-31(3,27)28/h4-10,12,15,18,21,23,25-26H,11,13-14,22H2,1-3H3/t18-,21+/m0/s1. The van der Waals surface area contributed by atoms with Gasteiger partial charge in [0.2, 0.25) is 20.0 Å². The number of aromatic hydroxyl groups is 1. The highest BCUT2D eigenvalue weighted by atomic mass is 32.2. The van der Waals surface area contributed by atoms with Crippen LogP contribution in [0.5, 0.6) is 5.75 Å². The molecule has 0 aliphatic carbocycles. The van der Waals surface area contributed by atoms with Crippen molar-refractivity contribution in [1.82, 2.24) is 4.31 Å². The van der Waals surface area contributed by atoms with Crippen molar-refractivity contribution in [2.45, 2.75) is 37.3 Å². The van der Waals surface area contributed by atoms with Gasteiger partial charge in [0.1, 0.15) is 5.75 Å². The molecule has 0 aliphatic heterocycles. The van der Waals surface area contributed by atoms with E-state index >= 15 is 0 Å². The van der Waals surface area contributed by atoms with E-state index in [-0.39, 0.29) is 29.6 Å². The average molecular weight is 486 g/mol. The number of aliphatic hydroxyl groups is 1. The molecule has 32 heavy (non-hydrogen) atoms. The number of benzene rings is 2. The van der Waals surface area contributed by atoms with Crippen molar-refractivity contribution in [2.75, 3.05) is 24.1 Å². The molecule has 178 valence electrons. The first-order valence-corrected chi connectivity index (χ1v) is 13.4. The monoisotopic (exact) mass is 485 g/mol. The summed E-state index contributed by atoms with van der Waals surface area (Å²) in [4.78, 5) is -0.217. The molecule has 0 saturated heterocycles. The number of nitrogens with one attached hydrogen (secondary N) is 1. The van der Waals surface area contributed by atoms with Gasteiger partial charge in [0.25, 0.3) is 0 Å². The van der Waals surface area contributed by atoms with Crippen molar-refractivity contribution in [2.24, 2.45) is 11.7 Å². The Morgan fingerprint density at radius 1 is 1.03 bits per heavy atom. The molecule has 5 N–H and O–H groups in total. The maximum atomic E-state index is 13.3. The third-order valence-electron chi connectivity index (χ3n) is 4.67. The van der Waals surface area contributed by atoms with Crippen LogP contribution in [0.2, 0.25) is 0 Å². The van der Waals surface area contributed by atoms with Crippen molar-refractivity contribution >= 4 is 25.7 Å². The largest absolute Gasteiger partial charge is 0.506 e. The summed E-state index contributed by atoms with van der Waals surface area (Å²) in [5.41, 5.74) is 6.82. The maximum absolute atomic E-state index is 13.3. The van der Waals surface area contributed by atoms with E-state index in [4.69, 9.17) is 5.73 Å². The fourth-order valence-electron chi connectivity index (χ4n) is 3.15. The molecule has 0 bridgehead atoms. The fourth-order valence-corrected chi connectivity index (χ4v) is 5.36. The Hall–Kier alpha value is -2.18. The van der Waals surface area contributed by atoms with E-state index in [1.54, 1.807) is 0 Å². The van der Waals surface area contributed by atoms with Crippen molar-refractivity contribution in [3.8, 4) is 5.75 Å². The smallest absolute Gasteiger partial charge is 0.243 e. The first-order chi connectivity index (χ1) is 14.8. The minimum absolute atomic E-state index is 0.0481. The quantitative estimate of drug-likeness (QED) is 0.351. The SMILES string of the molecule is CC(C)CN(C[C@@H](O)[C@@H](N)Cc1ccccc1)S(=O)(=O)c1ccc(O)c(NS(C)(=O)=O)c1. The van der Waals surface area contributed by atoms with Gasteiger partial charge in [-0.2, -0.15) is 4.31 Å². The molecule has 0 fully saturated rings. The van der Waals surface area contributed by atoms with E-state index in [1.165, 1.54) is 6.07 Å². The molecule has 0 heterocycles. The van der Waals surface area contributed by atoms with Crippen LogP contribution in [0.25, 0.3) is 0 Å². The lowest BCUT2D eigenvalue weighted by Gasteiger charge is -2.29. The predicted octanol–water partition coefficient (Wildman–Crippen LogP) is 1.34. The van der Waals surface area contributed by atoms with E-state index in [1.807, 2.05) is 44.2 Å². The van der Waals surface area contributed by atoms with Crippen LogP contribution in [0.4, 0.5) is 5.69 Å². The summed E-state index contributed by atoms with van der Waals surface area (Å²) in [6.45, 7) is 3.57. The molecule has 2 rings (SSSR count). The van der Waals surface area contributed by atoms with Gasteiger partial charge in [-0.25, -0.2) is 16.8 Å². The van der Waals surface area contributed by atoms with Crippen molar-refractivity contribution in [3.63, 3.8) is 0 Å². The Morgan fingerprint density at radius 3 is 2.22 bits per heavy atom. The van der Waals surface area contributed by atoms with Gasteiger partial charge in [-0.1, -0.05) is 44.2 Å². The molecule has 2 aromatic carbocycles. The van der Waals surface area contributed by atoms with E-state index in [9.17, 15) is 27.0 Å². The van der Waals surface area contributed by atoms with Gasteiger partial charge in [-0.15, -0.1) is 0 Å². The second-order valence-electron chi connectivity index (χ2n) is 8.19. The van der Waals surface area contributed by atoms with Crippen LogP contribution in [0.3, 0.4) is 0 Å². The Balaban J connectivity index is 2.30. The number of phenols is 1. The van der Waals surface area contributed by atoms with E-state index < -0.39 is 37.9 Å². The third kappa shape index (κ3) is 7.45. The summed E-state index contributed by atoms with van der Waals surface area (Å²) < 4.78 is 53.0. The number of nitrogens with zero attached hydrogens (tertiary/aromatic N) is 1. The average Bonchev–Trinajstić information content (AvgIpc) is 2.68. The van der Waals surface area contributed by atoms with Crippen LogP contribution in [0.1, 0.15) is 19.4 Å². The first kappa shape index (κ1) is 26.1. The maximum Gasteiger partial charge on any atom is 0.243 e. The van der Waals surface area contributed by atoms with Crippen LogP contribution < -0.4 is 10.5 Å². The zero-order valence-corrected chi connectivity index (χ0v) is 20.0. The summed E-state index contributed by atoms with van der Waals surface area (Å²) in [6.07, 6.45) is 0.136. The molecular weight excluding hydrogens is 454 g/mol. The zero-order valence-electron chi connectivity index (χ0n) is 18.3. The van der Waals surface area contributed by atoms with Crippen LogP contribution in [-0.2, 0) is 26.5 Å². The highest BCUT2D eigenvalue weighted by Gasteiger charge is 2.30. The highest BCUT2D eigenvalue weighted by Crippen LogP contribution is 2.29. The van der Waals surface area contributed by atoms with E-state index in [0.29, 0.717) is 6.42 Å². The molecule has 0 spiro atoms. The van der Waals surface area contributed by atoms with Gasteiger partial charge in [-0.3, -0.25) is 4.72 Å². The number of anilines is 1. The molecule has 0 aromatic heterocycles. The number of sulfonamides is 2. The Kier molecular flexibility index (Phi) is 8.66. The summed E-state index contributed by atoms with van der Waals surface area (Å²) in [5.74, 6) is -0.456. The normalized spacial score (nSPS) is 14.5. The van der Waals surface area contributed by atoms with Crippen molar-refractivity contribution in [3.05, 3.63) is 54.1 Å². The Morgan fingerprint density at radius 2 is 1.66 bits per heavy atom. The van der Waals surface area contributed by atoms with Crippen molar-refractivity contribution < 1.29 is 27.0 Å². The van der Waals surface area contributed by atoms with Crippen LogP contribution in [0.15, 0.2) is 53.4 Å². The molecule has 0 unspecified atom stereocenters. The highest BCUT2D eigenvalue weighted by molar-refractivity contribution is 7.92. The van der Waals surface area contributed by atoms with Gasteiger partial charge < -0.3 is 15.9 Å². The molecule has 0 radical (unpaired) electrons. The van der Waals surface area contributed by atoms with Crippen LogP contribution >= 0.6 is 0 Å². The molecule has 11 heteroatoms. The van der Waals surface area contributed by atoms with Gasteiger partial charge in [-0.05, 0) is 36.1 Å². The summed E-state index contributed by atoms with van der Waals surface area (Å²) in [6, 6.07) is 12.0. The van der Waals surface area contributed by atoms with Crippen LogP contribution in [0, 0.1) is 5.92 Å². The second kappa shape index (κ2) is 10.6. The lowest BCUT2D eigenvalue weighted by atomic mass is 10.0. The molecule has 0 amide bonds. The number of rotatable bonds is 11.